The van der Waals surface area contributed by atoms with E-state index in [2.05, 4.69) is 21.2 Å². The van der Waals surface area contributed by atoms with Crippen molar-refractivity contribution in [2.75, 3.05) is 6.54 Å². The largest absolute Gasteiger partial charge is 0.348 e. The lowest BCUT2D eigenvalue weighted by molar-refractivity contribution is 0.0940. The average Bonchev–Trinajstić information content (AvgIpc) is 2.21. The molecular weight excluding hydrogens is 256 g/mol. The van der Waals surface area contributed by atoms with Crippen LogP contribution in [0.25, 0.3) is 0 Å². The summed E-state index contributed by atoms with van der Waals surface area (Å²) in [4.78, 5) is 11.8. The molecule has 0 unspecified atom stereocenters. The molecule has 1 aromatic rings. The van der Waals surface area contributed by atoms with E-state index in [-0.39, 0.29) is 11.9 Å². The quantitative estimate of drug-likeness (QED) is 0.881. The van der Waals surface area contributed by atoms with E-state index in [1.54, 1.807) is 0 Å². The Morgan fingerprint density at radius 2 is 2.27 bits per heavy atom. The predicted octanol–water partition coefficient (Wildman–Crippen LogP) is 1.83. The lowest BCUT2D eigenvalue weighted by atomic mass is 10.1. The van der Waals surface area contributed by atoms with E-state index in [1.165, 1.54) is 0 Å². The molecule has 0 aliphatic carbocycles. The van der Waals surface area contributed by atoms with E-state index in [9.17, 15) is 4.79 Å². The van der Waals surface area contributed by atoms with Gasteiger partial charge in [-0.25, -0.2) is 0 Å². The first-order valence-corrected chi connectivity index (χ1v) is 5.61. The minimum atomic E-state index is -0.0940. The van der Waals surface area contributed by atoms with Crippen LogP contribution in [0.2, 0.25) is 0 Å². The summed E-state index contributed by atoms with van der Waals surface area (Å²) in [7, 11) is 0. The molecule has 3 nitrogen and oxygen atoms in total. The van der Waals surface area contributed by atoms with E-state index in [0.717, 1.165) is 10.0 Å². The Kier molecular flexibility index (Phi) is 4.29. The van der Waals surface area contributed by atoms with Crippen molar-refractivity contribution in [1.82, 2.24) is 5.32 Å². The maximum absolute atomic E-state index is 11.8. The second-order valence-electron chi connectivity index (χ2n) is 3.59. The number of nitrogens with two attached hydrogens (primary N) is 1. The number of amides is 1. The molecule has 0 aliphatic heterocycles. The van der Waals surface area contributed by atoms with Gasteiger partial charge >= 0.3 is 0 Å². The van der Waals surface area contributed by atoms with E-state index in [4.69, 9.17) is 5.73 Å². The third kappa shape index (κ3) is 3.32. The number of carbonyl (C=O) groups is 1. The molecule has 0 radical (unpaired) electrons. The molecule has 4 heteroatoms. The van der Waals surface area contributed by atoms with Gasteiger partial charge in [0.25, 0.3) is 5.91 Å². The smallest absolute Gasteiger partial charge is 0.252 e. The van der Waals surface area contributed by atoms with Crippen LogP contribution < -0.4 is 11.1 Å². The molecular formula is C11H15BrN2O. The van der Waals surface area contributed by atoms with Crippen LogP contribution in [0.1, 0.15) is 22.8 Å². The standard InChI is InChI=1S/C11H15BrN2O/c1-7-3-4-10(12)9(5-7)11(15)14-8(2)6-13/h3-5,8H,6,13H2,1-2H3,(H,14,15)/t8-/m1/s1. The van der Waals surface area contributed by atoms with Crippen LogP contribution >= 0.6 is 15.9 Å². The maximum atomic E-state index is 11.8. The van der Waals surface area contributed by atoms with Crippen molar-refractivity contribution < 1.29 is 4.79 Å². The van der Waals surface area contributed by atoms with E-state index in [1.807, 2.05) is 32.0 Å². The Morgan fingerprint density at radius 3 is 2.87 bits per heavy atom. The van der Waals surface area contributed by atoms with Gasteiger partial charge < -0.3 is 11.1 Å². The second-order valence-corrected chi connectivity index (χ2v) is 4.45. The Bertz CT molecular complexity index is 366. The number of nitrogens with one attached hydrogen (secondary N) is 1. The average molecular weight is 271 g/mol. The molecule has 1 aromatic carbocycles. The molecule has 82 valence electrons. The number of hydrogen-bond donors (Lipinski definition) is 2. The summed E-state index contributed by atoms with van der Waals surface area (Å²) in [5.41, 5.74) is 7.15. The monoisotopic (exact) mass is 270 g/mol. The van der Waals surface area contributed by atoms with Crippen LogP contribution in [-0.4, -0.2) is 18.5 Å². The van der Waals surface area contributed by atoms with Crippen molar-refractivity contribution in [3.05, 3.63) is 33.8 Å². The number of benzene rings is 1. The van der Waals surface area contributed by atoms with Gasteiger partial charge in [-0.3, -0.25) is 4.79 Å². The molecule has 0 bridgehead atoms. The summed E-state index contributed by atoms with van der Waals surface area (Å²) >= 11 is 3.35. The number of halogens is 1. The van der Waals surface area contributed by atoms with Gasteiger partial charge in [-0.05, 0) is 41.9 Å². The molecule has 0 fully saturated rings. The fraction of sp³-hybridized carbons (Fsp3) is 0.364. The van der Waals surface area contributed by atoms with Crippen LogP contribution in [0.4, 0.5) is 0 Å². The Morgan fingerprint density at radius 1 is 1.60 bits per heavy atom. The summed E-state index contributed by atoms with van der Waals surface area (Å²) < 4.78 is 0.801. The van der Waals surface area contributed by atoms with Gasteiger partial charge in [0, 0.05) is 17.1 Å². The van der Waals surface area contributed by atoms with Gasteiger partial charge in [0.1, 0.15) is 0 Å². The van der Waals surface area contributed by atoms with E-state index in [0.29, 0.717) is 12.1 Å². The number of rotatable bonds is 3. The van der Waals surface area contributed by atoms with Crippen LogP contribution in [0.5, 0.6) is 0 Å². The van der Waals surface area contributed by atoms with Gasteiger partial charge in [0.05, 0.1) is 5.56 Å². The van der Waals surface area contributed by atoms with Crippen LogP contribution in [0.3, 0.4) is 0 Å². The molecule has 15 heavy (non-hydrogen) atoms. The predicted molar refractivity (Wildman–Crippen MR) is 64.9 cm³/mol. The van der Waals surface area contributed by atoms with Crippen molar-refractivity contribution in [2.45, 2.75) is 19.9 Å². The minimum Gasteiger partial charge on any atom is -0.348 e. The number of carbonyl (C=O) groups excluding carboxylic acids is 1. The fourth-order valence-electron chi connectivity index (χ4n) is 1.17. The normalized spacial score (nSPS) is 12.3. The van der Waals surface area contributed by atoms with Crippen LogP contribution in [0, 0.1) is 6.92 Å². The van der Waals surface area contributed by atoms with E-state index >= 15 is 0 Å². The zero-order valence-electron chi connectivity index (χ0n) is 8.88. The molecule has 1 amide bonds. The number of hydrogen-bond acceptors (Lipinski definition) is 2. The summed E-state index contributed by atoms with van der Waals surface area (Å²) in [6, 6.07) is 5.66. The first kappa shape index (κ1) is 12.2. The molecule has 0 spiro atoms. The van der Waals surface area contributed by atoms with Crippen LogP contribution in [-0.2, 0) is 0 Å². The molecule has 1 atom stereocenters. The highest BCUT2D eigenvalue weighted by Gasteiger charge is 2.11. The highest BCUT2D eigenvalue weighted by Crippen LogP contribution is 2.17. The van der Waals surface area contributed by atoms with Gasteiger partial charge in [-0.1, -0.05) is 11.6 Å². The first-order chi connectivity index (χ1) is 7.04. The topological polar surface area (TPSA) is 55.1 Å². The lowest BCUT2D eigenvalue weighted by Gasteiger charge is -2.12. The molecule has 3 N–H and O–H groups in total. The Labute approximate surface area is 98.2 Å². The molecule has 0 saturated carbocycles. The number of aryl methyl sites for hydroxylation is 1. The summed E-state index contributed by atoms with van der Waals surface area (Å²) in [6.45, 7) is 4.27. The fourth-order valence-corrected chi connectivity index (χ4v) is 1.60. The molecule has 1 rings (SSSR count). The molecule has 0 aliphatic rings. The highest BCUT2D eigenvalue weighted by molar-refractivity contribution is 9.10. The van der Waals surface area contributed by atoms with Gasteiger partial charge in [-0.15, -0.1) is 0 Å². The van der Waals surface area contributed by atoms with Gasteiger partial charge in [0.2, 0.25) is 0 Å². The van der Waals surface area contributed by atoms with Gasteiger partial charge in [-0.2, -0.15) is 0 Å². The molecule has 0 heterocycles. The van der Waals surface area contributed by atoms with Crippen molar-refractivity contribution in [3.63, 3.8) is 0 Å². The third-order valence-electron chi connectivity index (χ3n) is 2.10. The lowest BCUT2D eigenvalue weighted by Crippen LogP contribution is -2.37. The molecule has 0 aromatic heterocycles. The second kappa shape index (κ2) is 5.28. The minimum absolute atomic E-state index is 0.00934. The van der Waals surface area contributed by atoms with Crippen molar-refractivity contribution in [2.24, 2.45) is 5.73 Å². The highest BCUT2D eigenvalue weighted by atomic mass is 79.9. The first-order valence-electron chi connectivity index (χ1n) is 4.81. The zero-order chi connectivity index (χ0) is 11.4. The van der Waals surface area contributed by atoms with Gasteiger partial charge in [0.15, 0.2) is 0 Å². The van der Waals surface area contributed by atoms with Crippen molar-refractivity contribution in [1.29, 1.82) is 0 Å². The third-order valence-corrected chi connectivity index (χ3v) is 2.79. The Hall–Kier alpha value is -0.870. The SMILES string of the molecule is Cc1ccc(Br)c(C(=O)N[C@H](C)CN)c1. The molecule has 0 saturated heterocycles. The van der Waals surface area contributed by atoms with E-state index < -0.39 is 0 Å². The summed E-state index contributed by atoms with van der Waals surface area (Å²) in [6.07, 6.45) is 0. The van der Waals surface area contributed by atoms with Crippen LogP contribution in [0.15, 0.2) is 22.7 Å². The zero-order valence-corrected chi connectivity index (χ0v) is 10.5. The summed E-state index contributed by atoms with van der Waals surface area (Å²) in [5.74, 6) is -0.0940. The van der Waals surface area contributed by atoms with Crippen molar-refractivity contribution in [3.8, 4) is 0 Å². The summed E-state index contributed by atoms with van der Waals surface area (Å²) in [5, 5.41) is 2.82. The Balaban J connectivity index is 2.86. The maximum Gasteiger partial charge on any atom is 0.252 e. The van der Waals surface area contributed by atoms with Crippen molar-refractivity contribution >= 4 is 21.8 Å².